The molecule has 0 saturated carbocycles. The molecule has 0 spiro atoms. The fourth-order valence-corrected chi connectivity index (χ4v) is 2.95. The fraction of sp³-hybridized carbons (Fsp3) is 0.278. The van der Waals surface area contributed by atoms with E-state index in [0.29, 0.717) is 41.7 Å². The van der Waals surface area contributed by atoms with E-state index < -0.39 is 0 Å². The van der Waals surface area contributed by atoms with Crippen molar-refractivity contribution in [1.29, 1.82) is 0 Å². The highest BCUT2D eigenvalue weighted by Crippen LogP contribution is 2.31. The number of morpholine rings is 1. The van der Waals surface area contributed by atoms with Crippen LogP contribution in [0, 0.1) is 5.82 Å². The number of methoxy groups -OCH3 is 1. The summed E-state index contributed by atoms with van der Waals surface area (Å²) in [5, 5.41) is 0.299. The molecule has 25 heavy (non-hydrogen) atoms. The Labute approximate surface area is 150 Å². The number of hydrogen-bond acceptors (Lipinski definition) is 4. The van der Waals surface area contributed by atoms with Crippen LogP contribution in [0.1, 0.15) is 22.0 Å². The summed E-state index contributed by atoms with van der Waals surface area (Å²) in [5.74, 6) is -0.153. The molecule has 132 valence electrons. The van der Waals surface area contributed by atoms with Gasteiger partial charge in [-0.05, 0) is 23.8 Å². The lowest BCUT2D eigenvalue weighted by molar-refractivity contribution is -0.0229. The first kappa shape index (κ1) is 17.5. The van der Waals surface area contributed by atoms with Crippen molar-refractivity contribution in [1.82, 2.24) is 4.90 Å². The average molecular weight is 365 g/mol. The Morgan fingerprint density at radius 3 is 2.76 bits per heavy atom. The van der Waals surface area contributed by atoms with Crippen LogP contribution < -0.4 is 10.5 Å². The van der Waals surface area contributed by atoms with Crippen LogP contribution in [0.15, 0.2) is 36.4 Å². The average Bonchev–Trinajstić information content (AvgIpc) is 2.63. The van der Waals surface area contributed by atoms with Gasteiger partial charge in [-0.2, -0.15) is 0 Å². The van der Waals surface area contributed by atoms with Gasteiger partial charge >= 0.3 is 0 Å². The van der Waals surface area contributed by atoms with Crippen molar-refractivity contribution in [2.24, 2.45) is 0 Å². The van der Waals surface area contributed by atoms with Crippen LogP contribution in [-0.4, -0.2) is 37.6 Å². The first-order valence-electron chi connectivity index (χ1n) is 7.79. The predicted octanol–water partition coefficient (Wildman–Crippen LogP) is 3.28. The van der Waals surface area contributed by atoms with E-state index in [1.807, 2.05) is 0 Å². The quantitative estimate of drug-likeness (QED) is 0.849. The van der Waals surface area contributed by atoms with E-state index in [2.05, 4.69) is 0 Å². The Balaban J connectivity index is 1.83. The molecular formula is C18H18ClFN2O3. The van der Waals surface area contributed by atoms with Gasteiger partial charge in [0.1, 0.15) is 17.7 Å². The molecule has 1 aliphatic rings. The highest BCUT2D eigenvalue weighted by molar-refractivity contribution is 6.33. The van der Waals surface area contributed by atoms with Crippen LogP contribution in [0.3, 0.4) is 0 Å². The maximum atomic E-state index is 13.1. The highest BCUT2D eigenvalue weighted by Gasteiger charge is 2.28. The topological polar surface area (TPSA) is 64.8 Å². The number of nitrogens with two attached hydrogens (primary N) is 1. The number of rotatable bonds is 3. The summed E-state index contributed by atoms with van der Waals surface area (Å²) in [6.45, 7) is 1.19. The lowest BCUT2D eigenvalue weighted by atomic mass is 10.1. The van der Waals surface area contributed by atoms with Gasteiger partial charge in [0, 0.05) is 12.6 Å². The number of benzene rings is 2. The first-order chi connectivity index (χ1) is 12.0. The van der Waals surface area contributed by atoms with Gasteiger partial charge in [0.15, 0.2) is 0 Å². The number of nitrogen functional groups attached to an aromatic ring is 1. The van der Waals surface area contributed by atoms with Gasteiger partial charge in [-0.15, -0.1) is 0 Å². The summed E-state index contributed by atoms with van der Waals surface area (Å²) in [5.41, 5.74) is 7.28. The molecule has 0 aromatic heterocycles. The molecule has 0 bridgehead atoms. The van der Waals surface area contributed by atoms with Crippen LogP contribution in [0.25, 0.3) is 0 Å². The van der Waals surface area contributed by atoms with Crippen molar-refractivity contribution in [3.63, 3.8) is 0 Å². The summed E-state index contributed by atoms with van der Waals surface area (Å²) in [7, 11) is 1.47. The molecule has 7 heteroatoms. The number of anilines is 1. The van der Waals surface area contributed by atoms with Crippen LogP contribution >= 0.6 is 11.6 Å². The largest absolute Gasteiger partial charge is 0.496 e. The summed E-state index contributed by atoms with van der Waals surface area (Å²) in [6.07, 6.45) is -0.312. The summed E-state index contributed by atoms with van der Waals surface area (Å²) in [6, 6.07) is 9.13. The second-order valence-electron chi connectivity index (χ2n) is 5.74. The normalized spacial score (nSPS) is 17.4. The molecule has 2 aromatic carbocycles. The van der Waals surface area contributed by atoms with Crippen LogP contribution in [0.5, 0.6) is 5.75 Å². The lowest BCUT2D eigenvalue weighted by Gasteiger charge is -2.33. The molecular weight excluding hydrogens is 347 g/mol. The molecule has 0 aliphatic carbocycles. The van der Waals surface area contributed by atoms with Crippen LogP contribution in [-0.2, 0) is 4.74 Å². The van der Waals surface area contributed by atoms with E-state index >= 15 is 0 Å². The van der Waals surface area contributed by atoms with Gasteiger partial charge < -0.3 is 20.1 Å². The number of amides is 1. The highest BCUT2D eigenvalue weighted by atomic mass is 35.5. The Kier molecular flexibility index (Phi) is 5.11. The van der Waals surface area contributed by atoms with E-state index in [1.165, 1.54) is 31.4 Å². The third kappa shape index (κ3) is 3.70. The molecule has 5 nitrogen and oxygen atoms in total. The maximum absolute atomic E-state index is 13.1. The summed E-state index contributed by atoms with van der Waals surface area (Å²) in [4.78, 5) is 14.6. The molecule has 1 unspecified atom stereocenters. The molecule has 1 fully saturated rings. The van der Waals surface area contributed by atoms with Crippen molar-refractivity contribution in [3.8, 4) is 5.75 Å². The smallest absolute Gasteiger partial charge is 0.257 e. The van der Waals surface area contributed by atoms with Crippen molar-refractivity contribution in [2.45, 2.75) is 6.10 Å². The van der Waals surface area contributed by atoms with E-state index in [-0.39, 0.29) is 17.8 Å². The monoisotopic (exact) mass is 364 g/mol. The number of carbonyl (C=O) groups is 1. The number of ether oxygens (including phenoxy) is 2. The number of hydrogen-bond donors (Lipinski definition) is 1. The zero-order chi connectivity index (χ0) is 18.0. The van der Waals surface area contributed by atoms with Gasteiger partial charge in [-0.25, -0.2) is 4.39 Å². The molecule has 1 saturated heterocycles. The van der Waals surface area contributed by atoms with Gasteiger partial charge in [0.05, 0.1) is 36.5 Å². The van der Waals surface area contributed by atoms with E-state index in [1.54, 1.807) is 17.0 Å². The molecule has 1 aliphatic heterocycles. The summed E-state index contributed by atoms with van der Waals surface area (Å²) >= 11 is 6.05. The second-order valence-corrected chi connectivity index (χ2v) is 6.14. The van der Waals surface area contributed by atoms with E-state index in [4.69, 9.17) is 26.8 Å². The van der Waals surface area contributed by atoms with Gasteiger partial charge in [0.2, 0.25) is 0 Å². The molecule has 2 aromatic rings. The number of halogens is 2. The molecule has 1 atom stereocenters. The third-order valence-corrected chi connectivity index (χ3v) is 4.47. The van der Waals surface area contributed by atoms with Crippen molar-refractivity contribution in [3.05, 3.63) is 58.4 Å². The Hall–Kier alpha value is -2.31. The molecule has 0 radical (unpaired) electrons. The SMILES string of the molecule is COc1cc(N)c(Cl)cc1C(=O)N1CCOC(c2ccc(F)cc2)C1. The van der Waals surface area contributed by atoms with E-state index in [9.17, 15) is 9.18 Å². The minimum atomic E-state index is -0.312. The van der Waals surface area contributed by atoms with Crippen molar-refractivity contribution in [2.75, 3.05) is 32.5 Å². The van der Waals surface area contributed by atoms with Crippen LogP contribution in [0.2, 0.25) is 5.02 Å². The van der Waals surface area contributed by atoms with Crippen molar-refractivity contribution < 1.29 is 18.7 Å². The van der Waals surface area contributed by atoms with Gasteiger partial charge in [-0.3, -0.25) is 4.79 Å². The minimum absolute atomic E-state index is 0.214. The lowest BCUT2D eigenvalue weighted by Crippen LogP contribution is -2.42. The maximum Gasteiger partial charge on any atom is 0.257 e. The van der Waals surface area contributed by atoms with Crippen LogP contribution in [0.4, 0.5) is 10.1 Å². The Bertz CT molecular complexity index is 783. The van der Waals surface area contributed by atoms with E-state index in [0.717, 1.165) is 5.56 Å². The summed E-state index contributed by atoms with van der Waals surface area (Å²) < 4.78 is 24.1. The first-order valence-corrected chi connectivity index (χ1v) is 8.16. The number of nitrogens with zero attached hydrogens (tertiary/aromatic N) is 1. The minimum Gasteiger partial charge on any atom is -0.496 e. The fourth-order valence-electron chi connectivity index (χ4n) is 2.79. The number of carbonyl (C=O) groups excluding carboxylic acids is 1. The van der Waals surface area contributed by atoms with Gasteiger partial charge in [0.25, 0.3) is 5.91 Å². The third-order valence-electron chi connectivity index (χ3n) is 4.14. The zero-order valence-corrected chi connectivity index (χ0v) is 14.4. The zero-order valence-electron chi connectivity index (χ0n) is 13.7. The van der Waals surface area contributed by atoms with Crippen molar-refractivity contribution >= 4 is 23.2 Å². The van der Waals surface area contributed by atoms with Gasteiger partial charge in [-0.1, -0.05) is 23.7 Å². The molecule has 3 rings (SSSR count). The molecule has 2 N–H and O–H groups in total. The second kappa shape index (κ2) is 7.29. The Morgan fingerprint density at radius 2 is 2.08 bits per heavy atom. The predicted molar refractivity (Wildman–Crippen MR) is 93.4 cm³/mol. The molecule has 1 amide bonds. The Morgan fingerprint density at radius 1 is 1.36 bits per heavy atom. The molecule has 1 heterocycles. The standard InChI is InChI=1S/C18H18ClFN2O3/c1-24-16-9-15(21)14(19)8-13(16)18(23)22-6-7-25-17(10-22)11-2-4-12(20)5-3-11/h2-5,8-9,17H,6-7,10,21H2,1H3.